The Hall–Kier alpha value is -0.530. The first-order valence-corrected chi connectivity index (χ1v) is 3.62. The lowest BCUT2D eigenvalue weighted by Gasteiger charge is -1.96. The Morgan fingerprint density at radius 2 is 2.22 bits per heavy atom. The van der Waals surface area contributed by atoms with Gasteiger partial charge in [-0.2, -0.15) is 5.10 Å². The maximum Gasteiger partial charge on any atom is 0.0329 e. The van der Waals surface area contributed by atoms with Gasteiger partial charge >= 0.3 is 0 Å². The van der Waals surface area contributed by atoms with Crippen molar-refractivity contribution in [3.8, 4) is 0 Å². The Kier molecular flexibility index (Phi) is 7.03. The highest BCUT2D eigenvalue weighted by Crippen LogP contribution is 1.90. The van der Waals surface area contributed by atoms with Crippen molar-refractivity contribution < 1.29 is 0 Å². The molecule has 0 saturated heterocycles. The van der Waals surface area contributed by atoms with E-state index in [1.807, 2.05) is 6.92 Å². The van der Waals surface area contributed by atoms with Gasteiger partial charge in [-0.1, -0.05) is 19.8 Å². The van der Waals surface area contributed by atoms with E-state index in [4.69, 9.17) is 0 Å². The van der Waals surface area contributed by atoms with Crippen LogP contribution in [0.1, 0.15) is 33.1 Å². The molecule has 2 nitrogen and oxygen atoms in total. The van der Waals surface area contributed by atoms with Crippen LogP contribution in [0.25, 0.3) is 0 Å². The standard InChI is InChI=1S/C7H16N2/c1-3-5-6-7-9-8-4-2/h4,9H,3,5-7H2,1-2H3/b8-4+. The molecule has 54 valence electrons. The lowest BCUT2D eigenvalue weighted by molar-refractivity contribution is 0.640. The van der Waals surface area contributed by atoms with E-state index in [1.54, 1.807) is 6.21 Å². The van der Waals surface area contributed by atoms with Crippen LogP contribution in [0.2, 0.25) is 0 Å². The van der Waals surface area contributed by atoms with Crippen LogP contribution >= 0.6 is 0 Å². The summed E-state index contributed by atoms with van der Waals surface area (Å²) in [5.41, 5.74) is 2.94. The second-order valence-corrected chi connectivity index (χ2v) is 2.00. The van der Waals surface area contributed by atoms with Crippen LogP contribution in [0.3, 0.4) is 0 Å². The minimum atomic E-state index is 1.01. The third kappa shape index (κ3) is 7.47. The summed E-state index contributed by atoms with van der Waals surface area (Å²) in [6.07, 6.45) is 5.57. The summed E-state index contributed by atoms with van der Waals surface area (Å²) in [7, 11) is 0. The van der Waals surface area contributed by atoms with E-state index in [0.29, 0.717) is 0 Å². The van der Waals surface area contributed by atoms with E-state index >= 15 is 0 Å². The highest BCUT2D eigenvalue weighted by molar-refractivity contribution is 5.52. The van der Waals surface area contributed by atoms with Crippen molar-refractivity contribution in [2.45, 2.75) is 33.1 Å². The minimum absolute atomic E-state index is 1.01. The van der Waals surface area contributed by atoms with Crippen LogP contribution in [0.5, 0.6) is 0 Å². The fourth-order valence-corrected chi connectivity index (χ4v) is 0.610. The molecular formula is C7H16N2. The molecule has 0 bridgehead atoms. The smallest absolute Gasteiger partial charge is 0.0329 e. The Bertz CT molecular complexity index is 69.3. The van der Waals surface area contributed by atoms with E-state index in [1.165, 1.54) is 19.3 Å². The predicted octanol–water partition coefficient (Wildman–Crippen LogP) is 1.77. The third-order valence-electron chi connectivity index (χ3n) is 1.11. The first-order valence-electron chi connectivity index (χ1n) is 3.62. The van der Waals surface area contributed by atoms with Gasteiger partial charge in [0.1, 0.15) is 0 Å². The Morgan fingerprint density at radius 1 is 1.44 bits per heavy atom. The summed E-state index contributed by atoms with van der Waals surface area (Å²) in [5, 5.41) is 3.87. The van der Waals surface area contributed by atoms with Crippen molar-refractivity contribution in [1.29, 1.82) is 0 Å². The zero-order valence-electron chi connectivity index (χ0n) is 6.35. The number of rotatable bonds is 5. The van der Waals surface area contributed by atoms with Crippen molar-refractivity contribution in [3.05, 3.63) is 0 Å². The van der Waals surface area contributed by atoms with Crippen molar-refractivity contribution in [1.82, 2.24) is 5.43 Å². The van der Waals surface area contributed by atoms with Gasteiger partial charge < -0.3 is 5.43 Å². The topological polar surface area (TPSA) is 24.4 Å². The van der Waals surface area contributed by atoms with Gasteiger partial charge in [-0.05, 0) is 13.3 Å². The molecule has 0 aromatic carbocycles. The molecule has 0 saturated carbocycles. The number of hydrogen-bond acceptors (Lipinski definition) is 2. The maximum atomic E-state index is 3.87. The van der Waals surface area contributed by atoms with Crippen LogP contribution in [0.4, 0.5) is 0 Å². The molecule has 0 aromatic rings. The van der Waals surface area contributed by atoms with E-state index in [2.05, 4.69) is 17.5 Å². The molecule has 0 aliphatic heterocycles. The van der Waals surface area contributed by atoms with Crippen molar-refractivity contribution in [2.75, 3.05) is 6.54 Å². The van der Waals surface area contributed by atoms with Gasteiger partial charge in [-0.15, -0.1) is 0 Å². The summed E-state index contributed by atoms with van der Waals surface area (Å²) >= 11 is 0. The quantitative estimate of drug-likeness (QED) is 0.340. The lowest BCUT2D eigenvalue weighted by atomic mass is 10.3. The van der Waals surface area contributed by atoms with Gasteiger partial charge in [0.25, 0.3) is 0 Å². The average Bonchev–Trinajstić information content (AvgIpc) is 1.89. The monoisotopic (exact) mass is 128 g/mol. The van der Waals surface area contributed by atoms with E-state index in [0.717, 1.165) is 6.54 Å². The highest BCUT2D eigenvalue weighted by atomic mass is 15.3. The number of unbranched alkanes of at least 4 members (excludes halogenated alkanes) is 2. The largest absolute Gasteiger partial charge is 0.310 e. The molecule has 0 aliphatic carbocycles. The molecular weight excluding hydrogens is 112 g/mol. The molecule has 9 heavy (non-hydrogen) atoms. The van der Waals surface area contributed by atoms with Crippen molar-refractivity contribution in [3.63, 3.8) is 0 Å². The van der Waals surface area contributed by atoms with Crippen LogP contribution in [0, 0.1) is 0 Å². The normalized spacial score (nSPS) is 10.4. The summed E-state index contributed by atoms with van der Waals surface area (Å²) in [5.74, 6) is 0. The second kappa shape index (κ2) is 7.47. The molecule has 1 N–H and O–H groups in total. The third-order valence-corrected chi connectivity index (χ3v) is 1.11. The molecule has 2 heteroatoms. The molecule has 0 rings (SSSR count). The maximum absolute atomic E-state index is 3.87. The first kappa shape index (κ1) is 8.47. The fraction of sp³-hybridized carbons (Fsp3) is 0.857. The van der Waals surface area contributed by atoms with Gasteiger partial charge in [-0.25, -0.2) is 0 Å². The number of hydrazone groups is 1. The van der Waals surface area contributed by atoms with Gasteiger partial charge in [-0.3, -0.25) is 0 Å². The molecule has 0 spiro atoms. The van der Waals surface area contributed by atoms with Crippen LogP contribution in [0.15, 0.2) is 5.10 Å². The average molecular weight is 128 g/mol. The van der Waals surface area contributed by atoms with E-state index in [-0.39, 0.29) is 0 Å². The predicted molar refractivity (Wildman–Crippen MR) is 41.7 cm³/mol. The van der Waals surface area contributed by atoms with Crippen LogP contribution in [-0.2, 0) is 0 Å². The summed E-state index contributed by atoms with van der Waals surface area (Å²) in [4.78, 5) is 0. The summed E-state index contributed by atoms with van der Waals surface area (Å²) in [6.45, 7) is 5.12. The van der Waals surface area contributed by atoms with E-state index < -0.39 is 0 Å². The molecule has 0 aliphatic rings. The van der Waals surface area contributed by atoms with Crippen molar-refractivity contribution in [2.24, 2.45) is 5.10 Å². The zero-order chi connectivity index (χ0) is 6.95. The molecule has 0 aromatic heterocycles. The Labute approximate surface area is 57.3 Å². The molecule has 0 radical (unpaired) electrons. The minimum Gasteiger partial charge on any atom is -0.310 e. The Morgan fingerprint density at radius 3 is 2.78 bits per heavy atom. The van der Waals surface area contributed by atoms with Crippen LogP contribution in [-0.4, -0.2) is 12.8 Å². The SMILES string of the molecule is C/C=N/NCCCCC. The molecule has 0 fully saturated rings. The van der Waals surface area contributed by atoms with Gasteiger partial charge in [0.2, 0.25) is 0 Å². The zero-order valence-corrected chi connectivity index (χ0v) is 6.35. The molecule has 0 amide bonds. The van der Waals surface area contributed by atoms with Crippen molar-refractivity contribution >= 4 is 6.21 Å². The number of nitrogens with zero attached hydrogens (tertiary/aromatic N) is 1. The fourth-order valence-electron chi connectivity index (χ4n) is 0.610. The second-order valence-electron chi connectivity index (χ2n) is 2.00. The Balaban J connectivity index is 2.75. The lowest BCUT2D eigenvalue weighted by Crippen LogP contribution is -2.06. The first-order chi connectivity index (χ1) is 4.41. The molecule has 0 atom stereocenters. The molecule has 0 heterocycles. The summed E-state index contributed by atoms with van der Waals surface area (Å²) in [6, 6.07) is 0. The number of nitrogens with one attached hydrogen (secondary N) is 1. The van der Waals surface area contributed by atoms with Gasteiger partial charge in [0, 0.05) is 12.8 Å². The van der Waals surface area contributed by atoms with Crippen LogP contribution < -0.4 is 5.43 Å². The van der Waals surface area contributed by atoms with E-state index in [9.17, 15) is 0 Å². The van der Waals surface area contributed by atoms with Gasteiger partial charge in [0.15, 0.2) is 0 Å². The molecule has 0 unspecified atom stereocenters. The highest BCUT2D eigenvalue weighted by Gasteiger charge is 1.80. The summed E-state index contributed by atoms with van der Waals surface area (Å²) < 4.78 is 0. The van der Waals surface area contributed by atoms with Gasteiger partial charge in [0.05, 0.1) is 0 Å². The number of hydrogen-bond donors (Lipinski definition) is 1.